The van der Waals surface area contributed by atoms with Gasteiger partial charge in [-0.3, -0.25) is 9.59 Å². The summed E-state index contributed by atoms with van der Waals surface area (Å²) < 4.78 is 5.51. The van der Waals surface area contributed by atoms with Crippen LogP contribution in [0.4, 0.5) is 0 Å². The number of carboxylic acid groups (broad SMARTS) is 1. The first kappa shape index (κ1) is 15.9. The molecule has 110 valence electrons. The number of amides is 1. The molecule has 1 heterocycles. The zero-order valence-electron chi connectivity index (χ0n) is 11.3. The summed E-state index contributed by atoms with van der Waals surface area (Å²) in [7, 11) is 3.59. The molecule has 0 aromatic rings. The van der Waals surface area contributed by atoms with Crippen molar-refractivity contribution >= 4 is 11.9 Å². The van der Waals surface area contributed by atoms with Crippen molar-refractivity contribution < 1.29 is 24.5 Å². The third-order valence-corrected chi connectivity index (χ3v) is 3.00. The highest BCUT2D eigenvalue weighted by atomic mass is 16.5. The van der Waals surface area contributed by atoms with Crippen LogP contribution in [0.25, 0.3) is 0 Å². The van der Waals surface area contributed by atoms with Crippen LogP contribution in [-0.4, -0.2) is 72.5 Å². The smallest absolute Gasteiger partial charge is 0.305 e. The van der Waals surface area contributed by atoms with Gasteiger partial charge in [0.15, 0.2) is 0 Å². The fraction of sp³-hybridized carbons (Fsp3) is 0.833. The minimum absolute atomic E-state index is 0.0745. The normalized spacial score (nSPS) is 27.3. The maximum absolute atomic E-state index is 11.7. The van der Waals surface area contributed by atoms with Gasteiger partial charge in [-0.15, -0.1) is 0 Å². The molecule has 1 aliphatic rings. The van der Waals surface area contributed by atoms with Crippen LogP contribution in [0.2, 0.25) is 0 Å². The Morgan fingerprint density at radius 3 is 2.58 bits per heavy atom. The van der Waals surface area contributed by atoms with E-state index in [0.29, 0.717) is 12.8 Å². The zero-order valence-corrected chi connectivity index (χ0v) is 11.3. The molecule has 7 nitrogen and oxygen atoms in total. The summed E-state index contributed by atoms with van der Waals surface area (Å²) >= 11 is 0. The molecule has 1 saturated heterocycles. The SMILES string of the molecule is CN(C)CC(=O)N[C@H]1CC[C@H](CC(=O)O)O[C@H]1CO. The van der Waals surface area contributed by atoms with Crippen LogP contribution in [0.3, 0.4) is 0 Å². The number of aliphatic carboxylic acids is 1. The van der Waals surface area contributed by atoms with E-state index >= 15 is 0 Å². The molecule has 0 saturated carbocycles. The lowest BCUT2D eigenvalue weighted by atomic mass is 9.97. The van der Waals surface area contributed by atoms with Crippen molar-refractivity contribution in [3.63, 3.8) is 0 Å². The van der Waals surface area contributed by atoms with Gasteiger partial charge in [0.05, 0.1) is 31.7 Å². The molecule has 0 bridgehead atoms. The molecule has 19 heavy (non-hydrogen) atoms. The topological polar surface area (TPSA) is 99.1 Å². The van der Waals surface area contributed by atoms with Crippen molar-refractivity contribution in [1.82, 2.24) is 10.2 Å². The highest BCUT2D eigenvalue weighted by molar-refractivity contribution is 5.78. The monoisotopic (exact) mass is 274 g/mol. The van der Waals surface area contributed by atoms with E-state index in [0.717, 1.165) is 0 Å². The average Bonchev–Trinajstić information content (AvgIpc) is 2.29. The van der Waals surface area contributed by atoms with E-state index in [2.05, 4.69) is 5.32 Å². The van der Waals surface area contributed by atoms with Crippen molar-refractivity contribution in [1.29, 1.82) is 0 Å². The molecular weight excluding hydrogens is 252 g/mol. The fourth-order valence-electron chi connectivity index (χ4n) is 2.18. The van der Waals surface area contributed by atoms with Gasteiger partial charge in [-0.1, -0.05) is 0 Å². The van der Waals surface area contributed by atoms with Crippen molar-refractivity contribution in [3.8, 4) is 0 Å². The standard InChI is InChI=1S/C12H22N2O5/c1-14(2)6-11(16)13-9-4-3-8(5-12(17)18)19-10(9)7-15/h8-10,15H,3-7H2,1-2H3,(H,13,16)(H,17,18)/t8-,9+,10+/m1/s1. The number of ether oxygens (including phenoxy) is 1. The van der Waals surface area contributed by atoms with E-state index in [-0.39, 0.29) is 31.5 Å². The number of hydrogen-bond acceptors (Lipinski definition) is 5. The number of aliphatic hydroxyl groups excluding tert-OH is 1. The molecule has 0 aromatic carbocycles. The number of hydrogen-bond donors (Lipinski definition) is 3. The first-order valence-electron chi connectivity index (χ1n) is 6.34. The molecule has 0 aliphatic carbocycles. The molecule has 7 heteroatoms. The lowest BCUT2D eigenvalue weighted by Gasteiger charge is -2.35. The summed E-state index contributed by atoms with van der Waals surface area (Å²) in [6.45, 7) is 0.0379. The Bertz CT molecular complexity index is 321. The highest BCUT2D eigenvalue weighted by Crippen LogP contribution is 2.21. The Kier molecular flexibility index (Phi) is 6.20. The maximum Gasteiger partial charge on any atom is 0.305 e. The lowest BCUT2D eigenvalue weighted by Crippen LogP contribution is -2.52. The summed E-state index contributed by atoms with van der Waals surface area (Å²) in [6, 6.07) is -0.262. The number of carboxylic acids is 1. The number of rotatable bonds is 6. The predicted octanol–water partition coefficient (Wildman–Crippen LogP) is -0.953. The first-order valence-corrected chi connectivity index (χ1v) is 6.34. The van der Waals surface area contributed by atoms with Crippen LogP contribution in [0.5, 0.6) is 0 Å². The van der Waals surface area contributed by atoms with Crippen LogP contribution >= 0.6 is 0 Å². The van der Waals surface area contributed by atoms with Gasteiger partial charge < -0.3 is 25.2 Å². The van der Waals surface area contributed by atoms with Gasteiger partial charge in [0.25, 0.3) is 0 Å². The quantitative estimate of drug-likeness (QED) is 0.577. The molecular formula is C12H22N2O5. The van der Waals surface area contributed by atoms with Crippen LogP contribution in [0, 0.1) is 0 Å². The summed E-state index contributed by atoms with van der Waals surface area (Å²) in [6.07, 6.45) is 0.174. The number of carbonyl (C=O) groups is 2. The second-order valence-corrected chi connectivity index (χ2v) is 5.07. The van der Waals surface area contributed by atoms with Gasteiger partial charge in [-0.25, -0.2) is 0 Å². The zero-order chi connectivity index (χ0) is 14.4. The van der Waals surface area contributed by atoms with Crippen molar-refractivity contribution in [2.24, 2.45) is 0 Å². The lowest BCUT2D eigenvalue weighted by molar-refractivity contribution is -0.147. The molecule has 0 aromatic heterocycles. The highest BCUT2D eigenvalue weighted by Gasteiger charge is 2.32. The number of likely N-dealkylation sites (N-methyl/N-ethyl adjacent to an activating group) is 1. The summed E-state index contributed by atoms with van der Waals surface area (Å²) in [5, 5.41) is 20.8. The average molecular weight is 274 g/mol. The van der Waals surface area contributed by atoms with Crippen molar-refractivity contribution in [2.45, 2.75) is 37.5 Å². The third kappa shape index (κ3) is 5.54. The van der Waals surface area contributed by atoms with Gasteiger partial charge in [-0.2, -0.15) is 0 Å². The fourth-order valence-corrected chi connectivity index (χ4v) is 2.18. The Morgan fingerprint density at radius 2 is 2.05 bits per heavy atom. The second-order valence-electron chi connectivity index (χ2n) is 5.07. The minimum atomic E-state index is -0.920. The Balaban J connectivity index is 2.47. The molecule has 0 spiro atoms. The minimum Gasteiger partial charge on any atom is -0.481 e. The Hall–Kier alpha value is -1.18. The first-order chi connectivity index (χ1) is 8.92. The van der Waals surface area contributed by atoms with E-state index in [1.54, 1.807) is 19.0 Å². The van der Waals surface area contributed by atoms with Crippen LogP contribution in [-0.2, 0) is 14.3 Å². The largest absolute Gasteiger partial charge is 0.481 e. The summed E-state index contributed by atoms with van der Waals surface area (Å²) in [5.74, 6) is -1.05. The molecule has 1 amide bonds. The molecule has 0 radical (unpaired) electrons. The predicted molar refractivity (Wildman–Crippen MR) is 67.7 cm³/mol. The molecule has 3 atom stereocenters. The summed E-state index contributed by atoms with van der Waals surface area (Å²) in [4.78, 5) is 24.0. The molecule has 3 N–H and O–H groups in total. The van der Waals surface area contributed by atoms with Crippen LogP contribution in [0.1, 0.15) is 19.3 Å². The van der Waals surface area contributed by atoms with Gasteiger partial charge in [0, 0.05) is 0 Å². The number of carbonyl (C=O) groups excluding carboxylic acids is 1. The van der Waals surface area contributed by atoms with E-state index in [1.807, 2.05) is 0 Å². The van der Waals surface area contributed by atoms with E-state index in [9.17, 15) is 14.7 Å². The molecule has 0 unspecified atom stereocenters. The van der Waals surface area contributed by atoms with Gasteiger partial charge in [0.2, 0.25) is 5.91 Å². The molecule has 1 rings (SSSR count). The third-order valence-electron chi connectivity index (χ3n) is 3.00. The second kappa shape index (κ2) is 7.42. The molecule has 1 fully saturated rings. The van der Waals surface area contributed by atoms with Crippen LogP contribution in [0.15, 0.2) is 0 Å². The van der Waals surface area contributed by atoms with Crippen molar-refractivity contribution in [3.05, 3.63) is 0 Å². The number of nitrogens with one attached hydrogen (secondary N) is 1. The van der Waals surface area contributed by atoms with E-state index in [1.165, 1.54) is 0 Å². The summed E-state index contributed by atoms with van der Waals surface area (Å²) in [5.41, 5.74) is 0. The van der Waals surface area contributed by atoms with Crippen LogP contribution < -0.4 is 5.32 Å². The van der Waals surface area contributed by atoms with Gasteiger partial charge >= 0.3 is 5.97 Å². The maximum atomic E-state index is 11.7. The van der Waals surface area contributed by atoms with E-state index < -0.39 is 18.2 Å². The Labute approximate surface area is 112 Å². The molecule has 1 aliphatic heterocycles. The van der Waals surface area contributed by atoms with Crippen molar-refractivity contribution in [2.75, 3.05) is 27.2 Å². The van der Waals surface area contributed by atoms with Gasteiger partial charge in [-0.05, 0) is 26.9 Å². The Morgan fingerprint density at radius 1 is 1.37 bits per heavy atom. The van der Waals surface area contributed by atoms with E-state index in [4.69, 9.17) is 9.84 Å². The number of aliphatic hydroxyl groups is 1. The number of nitrogens with zero attached hydrogens (tertiary/aromatic N) is 1. The van der Waals surface area contributed by atoms with Gasteiger partial charge in [0.1, 0.15) is 6.10 Å².